The van der Waals surface area contributed by atoms with Crippen molar-refractivity contribution in [1.82, 2.24) is 5.32 Å². The molecule has 0 saturated heterocycles. The monoisotopic (exact) mass is 353 g/mol. The molecule has 0 amide bonds. The molecule has 3 rings (SSSR count). The van der Waals surface area contributed by atoms with Gasteiger partial charge in [-0.2, -0.15) is 0 Å². The van der Waals surface area contributed by atoms with E-state index in [1.165, 1.54) is 24.8 Å². The van der Waals surface area contributed by atoms with E-state index in [9.17, 15) is 0 Å². The summed E-state index contributed by atoms with van der Waals surface area (Å²) in [5.74, 6) is 2.65. The Bertz CT molecular complexity index is 488. The highest BCUT2D eigenvalue weighted by Gasteiger charge is 2.28. The largest absolute Gasteiger partial charge is 0.490 e. The lowest BCUT2D eigenvalue weighted by molar-refractivity contribution is 0.297. The molecule has 1 N–H and O–H groups in total. The number of nitrogens with one attached hydrogen (secondary N) is 1. The Labute approximate surface area is 135 Å². The number of hydrogen-bond donors (Lipinski definition) is 1. The Morgan fingerprint density at radius 3 is 2.62 bits per heavy atom. The maximum Gasteiger partial charge on any atom is 0.162 e. The minimum Gasteiger partial charge on any atom is -0.490 e. The molecule has 3 nitrogen and oxygen atoms in total. The molecule has 2 aliphatic rings. The number of ether oxygens (including phenoxy) is 2. The summed E-state index contributed by atoms with van der Waals surface area (Å²) in [6, 6.07) is 4.65. The van der Waals surface area contributed by atoms with Crippen molar-refractivity contribution in [2.45, 2.75) is 45.1 Å². The Balaban J connectivity index is 1.84. The van der Waals surface area contributed by atoms with E-state index in [1.54, 1.807) is 0 Å². The van der Waals surface area contributed by atoms with Crippen LogP contribution in [-0.2, 0) is 0 Å². The van der Waals surface area contributed by atoms with Crippen molar-refractivity contribution >= 4 is 15.9 Å². The maximum atomic E-state index is 5.85. The Kier molecular flexibility index (Phi) is 5.07. The topological polar surface area (TPSA) is 30.5 Å². The predicted octanol–water partition coefficient (Wildman–Crippen LogP) is 4.45. The van der Waals surface area contributed by atoms with Crippen LogP contribution in [0.2, 0.25) is 0 Å². The zero-order chi connectivity index (χ0) is 14.7. The van der Waals surface area contributed by atoms with E-state index in [4.69, 9.17) is 9.47 Å². The lowest BCUT2D eigenvalue weighted by Crippen LogP contribution is -2.23. The summed E-state index contributed by atoms with van der Waals surface area (Å²) in [6.07, 6.45) is 6.09. The van der Waals surface area contributed by atoms with Crippen LogP contribution in [-0.4, -0.2) is 19.8 Å². The van der Waals surface area contributed by atoms with Gasteiger partial charge in [0.05, 0.1) is 13.2 Å². The van der Waals surface area contributed by atoms with Crippen LogP contribution in [0.5, 0.6) is 11.5 Å². The van der Waals surface area contributed by atoms with Gasteiger partial charge in [-0.25, -0.2) is 0 Å². The van der Waals surface area contributed by atoms with E-state index in [0.717, 1.165) is 54.5 Å². The third-order valence-electron chi connectivity index (χ3n) is 4.15. The van der Waals surface area contributed by atoms with E-state index in [2.05, 4.69) is 40.3 Å². The smallest absolute Gasteiger partial charge is 0.162 e. The van der Waals surface area contributed by atoms with Crippen LogP contribution < -0.4 is 14.8 Å². The van der Waals surface area contributed by atoms with Gasteiger partial charge in [-0.05, 0) is 43.0 Å². The molecule has 1 unspecified atom stereocenters. The summed E-state index contributed by atoms with van der Waals surface area (Å²) >= 11 is 3.73. The van der Waals surface area contributed by atoms with Crippen molar-refractivity contribution in [3.63, 3.8) is 0 Å². The standard InChI is InChI=1S/C17H24BrNO2/c1-2-6-19-15(9-12-4-5-12)13-10-16-17(11-14(13)18)21-8-3-7-20-16/h10-12,15,19H,2-9H2,1H3. The van der Waals surface area contributed by atoms with Crippen LogP contribution in [0, 0.1) is 5.92 Å². The number of rotatable bonds is 6. The molecule has 0 radical (unpaired) electrons. The second-order valence-electron chi connectivity index (χ2n) is 6.06. The highest BCUT2D eigenvalue weighted by atomic mass is 79.9. The van der Waals surface area contributed by atoms with Crippen molar-refractivity contribution in [2.75, 3.05) is 19.8 Å². The number of halogens is 1. The number of fused-ring (bicyclic) bond motifs is 1. The van der Waals surface area contributed by atoms with Gasteiger partial charge in [0.2, 0.25) is 0 Å². The fourth-order valence-corrected chi connectivity index (χ4v) is 3.39. The van der Waals surface area contributed by atoms with Crippen molar-refractivity contribution in [1.29, 1.82) is 0 Å². The Morgan fingerprint density at radius 2 is 1.95 bits per heavy atom. The molecule has 1 saturated carbocycles. The second kappa shape index (κ2) is 7.01. The Hall–Kier alpha value is -0.740. The van der Waals surface area contributed by atoms with E-state index in [-0.39, 0.29) is 0 Å². The van der Waals surface area contributed by atoms with Gasteiger partial charge in [0.15, 0.2) is 11.5 Å². The fraction of sp³-hybridized carbons (Fsp3) is 0.647. The van der Waals surface area contributed by atoms with Gasteiger partial charge in [-0.15, -0.1) is 0 Å². The molecule has 116 valence electrons. The van der Waals surface area contributed by atoms with Crippen LogP contribution in [0.1, 0.15) is 50.6 Å². The molecule has 1 atom stereocenters. The molecule has 4 heteroatoms. The molecule has 21 heavy (non-hydrogen) atoms. The van der Waals surface area contributed by atoms with Gasteiger partial charge in [0.1, 0.15) is 0 Å². The first-order valence-corrected chi connectivity index (χ1v) is 8.89. The average molecular weight is 354 g/mol. The van der Waals surface area contributed by atoms with Crippen LogP contribution in [0.15, 0.2) is 16.6 Å². The molecule has 1 aliphatic carbocycles. The third kappa shape index (κ3) is 3.92. The van der Waals surface area contributed by atoms with E-state index < -0.39 is 0 Å². The van der Waals surface area contributed by atoms with Gasteiger partial charge in [-0.3, -0.25) is 0 Å². The molecule has 1 aromatic carbocycles. The van der Waals surface area contributed by atoms with Crippen molar-refractivity contribution in [2.24, 2.45) is 5.92 Å². The SMILES string of the molecule is CCCNC(CC1CC1)c1cc2c(cc1Br)OCCCO2. The van der Waals surface area contributed by atoms with Crippen LogP contribution in [0.4, 0.5) is 0 Å². The Morgan fingerprint density at radius 1 is 1.24 bits per heavy atom. The first kappa shape index (κ1) is 15.2. The molecule has 1 aliphatic heterocycles. The molecule has 1 heterocycles. The van der Waals surface area contributed by atoms with Gasteiger partial charge >= 0.3 is 0 Å². The molecular formula is C17H24BrNO2. The minimum atomic E-state index is 0.406. The molecule has 1 fully saturated rings. The quantitative estimate of drug-likeness (QED) is 0.819. The number of hydrogen-bond acceptors (Lipinski definition) is 3. The fourth-order valence-electron chi connectivity index (χ4n) is 2.79. The van der Waals surface area contributed by atoms with E-state index in [1.807, 2.05) is 0 Å². The van der Waals surface area contributed by atoms with Crippen LogP contribution in [0.3, 0.4) is 0 Å². The lowest BCUT2D eigenvalue weighted by Gasteiger charge is -2.22. The highest BCUT2D eigenvalue weighted by Crippen LogP contribution is 2.42. The molecular weight excluding hydrogens is 330 g/mol. The summed E-state index contributed by atoms with van der Waals surface area (Å²) in [6.45, 7) is 4.74. The van der Waals surface area contributed by atoms with Crippen LogP contribution in [0.25, 0.3) is 0 Å². The second-order valence-corrected chi connectivity index (χ2v) is 6.91. The van der Waals surface area contributed by atoms with Gasteiger partial charge in [0.25, 0.3) is 0 Å². The zero-order valence-electron chi connectivity index (χ0n) is 12.7. The predicted molar refractivity (Wildman–Crippen MR) is 88.1 cm³/mol. The number of benzene rings is 1. The zero-order valence-corrected chi connectivity index (χ0v) is 14.2. The molecule has 1 aromatic rings. The maximum absolute atomic E-state index is 5.85. The minimum absolute atomic E-state index is 0.406. The first-order chi connectivity index (χ1) is 10.3. The van der Waals surface area contributed by atoms with Crippen molar-refractivity contribution in [3.8, 4) is 11.5 Å². The first-order valence-electron chi connectivity index (χ1n) is 8.10. The lowest BCUT2D eigenvalue weighted by atomic mass is 10.0. The summed E-state index contributed by atoms with van der Waals surface area (Å²) in [5, 5.41) is 3.69. The van der Waals surface area contributed by atoms with Crippen molar-refractivity contribution in [3.05, 3.63) is 22.2 Å². The summed E-state index contributed by atoms with van der Waals surface area (Å²) in [5.41, 5.74) is 1.31. The molecule has 0 spiro atoms. The summed E-state index contributed by atoms with van der Waals surface area (Å²) in [7, 11) is 0. The highest BCUT2D eigenvalue weighted by molar-refractivity contribution is 9.10. The van der Waals surface area contributed by atoms with Gasteiger partial charge in [-0.1, -0.05) is 35.7 Å². The average Bonchev–Trinajstić information content (AvgIpc) is 3.29. The third-order valence-corrected chi connectivity index (χ3v) is 4.84. The summed E-state index contributed by atoms with van der Waals surface area (Å²) in [4.78, 5) is 0. The normalized spacial score (nSPS) is 19.1. The van der Waals surface area contributed by atoms with E-state index >= 15 is 0 Å². The van der Waals surface area contributed by atoms with Gasteiger partial charge < -0.3 is 14.8 Å². The van der Waals surface area contributed by atoms with Crippen molar-refractivity contribution < 1.29 is 9.47 Å². The molecule has 0 aromatic heterocycles. The van der Waals surface area contributed by atoms with Gasteiger partial charge in [0, 0.05) is 16.9 Å². The summed E-state index contributed by atoms with van der Waals surface area (Å²) < 4.78 is 12.7. The van der Waals surface area contributed by atoms with E-state index in [0.29, 0.717) is 6.04 Å². The van der Waals surface area contributed by atoms with Crippen LogP contribution >= 0.6 is 15.9 Å². The molecule has 0 bridgehead atoms.